The van der Waals surface area contributed by atoms with Crippen molar-refractivity contribution in [3.63, 3.8) is 0 Å². The summed E-state index contributed by atoms with van der Waals surface area (Å²) >= 11 is 0. The first-order valence-electron chi connectivity index (χ1n) is 14.8. The Bertz CT molecular complexity index is 1340. The Balaban J connectivity index is 1.15. The number of carbonyl (C=O) groups excluding carboxylic acids is 2. The number of morpholine rings is 1. The van der Waals surface area contributed by atoms with E-state index in [2.05, 4.69) is 15.5 Å². The number of ether oxygens (including phenoxy) is 3. The SMILES string of the molecule is Nc1ccccc1NC(=O)CCCC(=O)Nc1ccc([C@H]2O[C@@H](CN3CCOCC3)C[C@@H](c3ccc(CO)cc3)O2)cc1. The lowest BCUT2D eigenvalue weighted by atomic mass is 9.99. The first kappa shape index (κ1) is 30.7. The molecule has 5 N–H and O–H groups in total. The minimum absolute atomic E-state index is 0.000765. The zero-order chi connectivity index (χ0) is 30.0. The molecule has 0 unspecified atom stereocenters. The standard InChI is InChI=1S/C33H40N4O6/c34-28-4-1-2-5-29(28)36-32(40)7-3-6-31(39)35-26-14-12-25(13-15-26)33-42-27(21-37-16-18-41-19-17-37)20-30(43-33)24-10-8-23(22-38)9-11-24/h1-2,4-5,8-15,27,30,33,38H,3,6-7,16-22,34H2,(H,35,39)(H,36,40)/t27-,30+,33+/m1/s1. The van der Waals surface area contributed by atoms with E-state index in [4.69, 9.17) is 19.9 Å². The monoisotopic (exact) mass is 588 g/mol. The Morgan fingerprint density at radius 3 is 2.23 bits per heavy atom. The van der Waals surface area contributed by atoms with Gasteiger partial charge in [0.05, 0.1) is 43.4 Å². The van der Waals surface area contributed by atoms with E-state index in [0.717, 1.165) is 56.0 Å². The molecule has 43 heavy (non-hydrogen) atoms. The van der Waals surface area contributed by atoms with E-state index in [9.17, 15) is 14.7 Å². The number of hydrogen-bond acceptors (Lipinski definition) is 8. The molecule has 2 heterocycles. The van der Waals surface area contributed by atoms with Crippen LogP contribution >= 0.6 is 0 Å². The van der Waals surface area contributed by atoms with Gasteiger partial charge in [0.25, 0.3) is 0 Å². The highest BCUT2D eigenvalue weighted by Gasteiger charge is 2.33. The summed E-state index contributed by atoms with van der Waals surface area (Å²) in [6.45, 7) is 3.99. The zero-order valence-electron chi connectivity index (χ0n) is 24.2. The van der Waals surface area contributed by atoms with Crippen LogP contribution < -0.4 is 16.4 Å². The van der Waals surface area contributed by atoms with Crippen LogP contribution in [-0.2, 0) is 30.4 Å². The number of aliphatic hydroxyl groups is 1. The molecular formula is C33H40N4O6. The molecule has 2 amide bonds. The fourth-order valence-electron chi connectivity index (χ4n) is 5.28. The number of anilines is 3. The summed E-state index contributed by atoms with van der Waals surface area (Å²) in [6.07, 6.45) is 0.807. The Labute approximate surface area is 252 Å². The second kappa shape index (κ2) is 15.1. The third-order valence-corrected chi connectivity index (χ3v) is 7.69. The van der Waals surface area contributed by atoms with Gasteiger partial charge >= 0.3 is 0 Å². The maximum atomic E-state index is 12.5. The highest BCUT2D eigenvalue weighted by Crippen LogP contribution is 2.38. The number of nitrogens with one attached hydrogen (secondary N) is 2. The number of rotatable bonds is 11. The molecule has 228 valence electrons. The van der Waals surface area contributed by atoms with Gasteiger partial charge in [0.2, 0.25) is 11.8 Å². The van der Waals surface area contributed by atoms with Gasteiger partial charge < -0.3 is 35.7 Å². The van der Waals surface area contributed by atoms with Crippen LogP contribution in [0.15, 0.2) is 72.8 Å². The van der Waals surface area contributed by atoms with E-state index in [-0.39, 0.29) is 43.5 Å². The van der Waals surface area contributed by atoms with Gasteiger partial charge in [0, 0.05) is 50.1 Å². The lowest BCUT2D eigenvalue weighted by molar-refractivity contribution is -0.253. The van der Waals surface area contributed by atoms with Gasteiger partial charge in [-0.2, -0.15) is 0 Å². The number of amides is 2. The van der Waals surface area contributed by atoms with E-state index in [1.807, 2.05) is 48.5 Å². The van der Waals surface area contributed by atoms with E-state index in [0.29, 0.717) is 23.5 Å². The molecule has 0 radical (unpaired) electrons. The summed E-state index contributed by atoms with van der Waals surface area (Å²) in [4.78, 5) is 27.1. The van der Waals surface area contributed by atoms with E-state index in [1.54, 1.807) is 24.3 Å². The molecule has 0 saturated carbocycles. The number of benzene rings is 3. The van der Waals surface area contributed by atoms with Crippen LogP contribution in [0.25, 0.3) is 0 Å². The molecule has 2 saturated heterocycles. The highest BCUT2D eigenvalue weighted by molar-refractivity contribution is 5.94. The summed E-state index contributed by atoms with van der Waals surface area (Å²) in [6, 6.07) is 22.4. The molecule has 2 aliphatic rings. The first-order valence-corrected chi connectivity index (χ1v) is 14.8. The predicted molar refractivity (Wildman–Crippen MR) is 164 cm³/mol. The molecule has 0 aliphatic carbocycles. The van der Waals surface area contributed by atoms with Crippen LogP contribution in [0.1, 0.15) is 54.8 Å². The molecular weight excluding hydrogens is 548 g/mol. The van der Waals surface area contributed by atoms with Crippen molar-refractivity contribution in [1.82, 2.24) is 4.90 Å². The molecule has 2 fully saturated rings. The number of aliphatic hydroxyl groups excluding tert-OH is 1. The minimum Gasteiger partial charge on any atom is -0.397 e. The van der Waals surface area contributed by atoms with Gasteiger partial charge in [-0.3, -0.25) is 14.5 Å². The van der Waals surface area contributed by atoms with E-state index < -0.39 is 6.29 Å². The van der Waals surface area contributed by atoms with Crippen LogP contribution in [0.5, 0.6) is 0 Å². The number of hydrogen-bond donors (Lipinski definition) is 4. The maximum absolute atomic E-state index is 12.5. The van der Waals surface area contributed by atoms with E-state index in [1.165, 1.54) is 0 Å². The molecule has 10 nitrogen and oxygen atoms in total. The van der Waals surface area contributed by atoms with Crippen molar-refractivity contribution in [2.75, 3.05) is 49.2 Å². The summed E-state index contributed by atoms with van der Waals surface area (Å²) in [5.74, 6) is -0.348. The third-order valence-electron chi connectivity index (χ3n) is 7.69. The number of nitrogens with zero attached hydrogens (tertiary/aromatic N) is 1. The van der Waals surface area contributed by atoms with Crippen LogP contribution in [0.3, 0.4) is 0 Å². The molecule has 3 aromatic carbocycles. The first-order chi connectivity index (χ1) is 21.0. The number of nitrogen functional groups attached to an aromatic ring is 1. The van der Waals surface area contributed by atoms with Crippen molar-refractivity contribution in [3.05, 3.63) is 89.5 Å². The second-order valence-electron chi connectivity index (χ2n) is 10.9. The largest absolute Gasteiger partial charge is 0.397 e. The molecule has 0 bridgehead atoms. The molecule has 10 heteroatoms. The van der Waals surface area contributed by atoms with Crippen molar-refractivity contribution in [2.45, 2.75) is 50.8 Å². The maximum Gasteiger partial charge on any atom is 0.224 e. The fourth-order valence-corrected chi connectivity index (χ4v) is 5.28. The van der Waals surface area contributed by atoms with Crippen molar-refractivity contribution in [3.8, 4) is 0 Å². The Kier molecular flexibility index (Phi) is 10.8. The van der Waals surface area contributed by atoms with Crippen molar-refractivity contribution >= 4 is 28.9 Å². The average Bonchev–Trinajstić information content (AvgIpc) is 3.03. The third kappa shape index (κ3) is 8.85. The average molecular weight is 589 g/mol. The summed E-state index contributed by atoms with van der Waals surface area (Å²) in [5.41, 5.74) is 10.4. The zero-order valence-corrected chi connectivity index (χ0v) is 24.2. The van der Waals surface area contributed by atoms with Gasteiger partial charge in [0.15, 0.2) is 6.29 Å². The quantitative estimate of drug-likeness (QED) is 0.242. The normalized spacial score (nSPS) is 20.8. The lowest BCUT2D eigenvalue weighted by Gasteiger charge is -2.39. The fraction of sp³-hybridized carbons (Fsp3) is 0.394. The van der Waals surface area contributed by atoms with Gasteiger partial charge in [0.1, 0.15) is 0 Å². The molecule has 5 rings (SSSR count). The number of nitrogens with two attached hydrogens (primary N) is 1. The van der Waals surface area contributed by atoms with Crippen LogP contribution in [0.4, 0.5) is 17.1 Å². The van der Waals surface area contributed by atoms with Crippen molar-refractivity contribution < 1.29 is 28.9 Å². The molecule has 2 aliphatic heterocycles. The predicted octanol–water partition coefficient (Wildman–Crippen LogP) is 4.39. The summed E-state index contributed by atoms with van der Waals surface area (Å²) in [5, 5.41) is 15.1. The molecule has 3 aromatic rings. The molecule has 0 spiro atoms. The Morgan fingerprint density at radius 1 is 0.860 bits per heavy atom. The van der Waals surface area contributed by atoms with Crippen LogP contribution in [-0.4, -0.2) is 60.8 Å². The Morgan fingerprint density at radius 2 is 1.53 bits per heavy atom. The van der Waals surface area contributed by atoms with E-state index >= 15 is 0 Å². The number of para-hydroxylation sites is 2. The molecule has 0 aromatic heterocycles. The smallest absolute Gasteiger partial charge is 0.224 e. The van der Waals surface area contributed by atoms with Crippen molar-refractivity contribution in [2.24, 2.45) is 0 Å². The van der Waals surface area contributed by atoms with Crippen LogP contribution in [0.2, 0.25) is 0 Å². The van der Waals surface area contributed by atoms with Gasteiger partial charge in [-0.15, -0.1) is 0 Å². The minimum atomic E-state index is -0.566. The second-order valence-corrected chi connectivity index (χ2v) is 10.9. The van der Waals surface area contributed by atoms with Gasteiger partial charge in [-0.1, -0.05) is 48.5 Å². The Hall–Kier alpha value is -3.80. The highest BCUT2D eigenvalue weighted by atomic mass is 16.7. The van der Waals surface area contributed by atoms with Crippen molar-refractivity contribution in [1.29, 1.82) is 0 Å². The molecule has 3 atom stereocenters. The van der Waals surface area contributed by atoms with Gasteiger partial charge in [-0.25, -0.2) is 0 Å². The topological polar surface area (TPSA) is 135 Å². The lowest BCUT2D eigenvalue weighted by Crippen LogP contribution is -2.44. The number of carbonyl (C=O) groups is 2. The summed E-state index contributed by atoms with van der Waals surface area (Å²) in [7, 11) is 0. The summed E-state index contributed by atoms with van der Waals surface area (Å²) < 4.78 is 18.4. The van der Waals surface area contributed by atoms with Crippen LogP contribution in [0, 0.1) is 0 Å². The van der Waals surface area contributed by atoms with Gasteiger partial charge in [-0.05, 0) is 41.8 Å².